The zero-order chi connectivity index (χ0) is 14.1. The second kappa shape index (κ2) is 5.15. The Hall–Kier alpha value is -2.05. The first-order chi connectivity index (χ1) is 9.66. The molecule has 0 aliphatic rings. The van der Waals surface area contributed by atoms with Gasteiger partial charge in [0.2, 0.25) is 0 Å². The monoisotopic (exact) mass is 300 g/mol. The Morgan fingerprint density at radius 3 is 2.65 bits per heavy atom. The second-order valence-electron chi connectivity index (χ2n) is 4.30. The number of nitrogens with two attached hydrogens (primary N) is 1. The van der Waals surface area contributed by atoms with Gasteiger partial charge in [-0.15, -0.1) is 11.3 Å². The molecule has 0 amide bonds. The van der Waals surface area contributed by atoms with Crippen molar-refractivity contribution in [2.75, 3.05) is 11.9 Å². The van der Waals surface area contributed by atoms with E-state index in [4.69, 9.17) is 18.0 Å². The molecule has 2 heterocycles. The molecule has 1 aromatic carbocycles. The molecule has 0 atom stereocenters. The van der Waals surface area contributed by atoms with E-state index in [1.54, 1.807) is 17.7 Å². The number of rotatable bonds is 3. The van der Waals surface area contributed by atoms with Gasteiger partial charge in [0.25, 0.3) is 0 Å². The zero-order valence-corrected chi connectivity index (χ0v) is 12.4. The fraction of sp³-hybridized carbons (Fsp3) is 0.0714. The number of benzene rings is 1. The first-order valence-electron chi connectivity index (χ1n) is 5.98. The van der Waals surface area contributed by atoms with E-state index in [1.807, 2.05) is 47.7 Å². The van der Waals surface area contributed by atoms with Gasteiger partial charge in [-0.2, -0.15) is 0 Å². The summed E-state index contributed by atoms with van der Waals surface area (Å²) in [6.45, 7) is 0. The standard InChI is InChI=1S/C14H12N4S2/c1-18(10-4-2-9(3-5-10)13(15)19)14-12-11(6-7-20-12)16-8-17-14/h2-8H,1H3,(H2,15,19). The van der Waals surface area contributed by atoms with E-state index < -0.39 is 0 Å². The van der Waals surface area contributed by atoms with Crippen LogP contribution in [-0.4, -0.2) is 22.0 Å². The maximum atomic E-state index is 5.61. The molecule has 0 fully saturated rings. The highest BCUT2D eigenvalue weighted by Gasteiger charge is 2.11. The molecular formula is C14H12N4S2. The van der Waals surface area contributed by atoms with Crippen LogP contribution in [-0.2, 0) is 0 Å². The van der Waals surface area contributed by atoms with Crippen LogP contribution in [0.15, 0.2) is 42.0 Å². The third kappa shape index (κ3) is 2.23. The predicted octanol–water partition coefficient (Wildman–Crippen LogP) is 3.09. The number of hydrogen-bond acceptors (Lipinski definition) is 5. The number of thiophene rings is 1. The highest BCUT2D eigenvalue weighted by molar-refractivity contribution is 7.80. The van der Waals surface area contributed by atoms with Crippen molar-refractivity contribution in [1.82, 2.24) is 9.97 Å². The number of hydrogen-bond donors (Lipinski definition) is 1. The van der Waals surface area contributed by atoms with Gasteiger partial charge in [-0.05, 0) is 35.7 Å². The number of thiocarbonyl (C=S) groups is 1. The van der Waals surface area contributed by atoms with Crippen LogP contribution in [0, 0.1) is 0 Å². The van der Waals surface area contributed by atoms with Crippen LogP contribution < -0.4 is 10.6 Å². The molecule has 6 heteroatoms. The summed E-state index contributed by atoms with van der Waals surface area (Å²) in [7, 11) is 1.98. The number of fused-ring (bicyclic) bond motifs is 1. The van der Waals surface area contributed by atoms with E-state index in [1.165, 1.54) is 0 Å². The third-order valence-electron chi connectivity index (χ3n) is 3.08. The Balaban J connectivity index is 2.01. The molecule has 4 nitrogen and oxygen atoms in total. The van der Waals surface area contributed by atoms with Crippen LogP contribution >= 0.6 is 23.6 Å². The number of aromatic nitrogens is 2. The molecule has 2 N–H and O–H groups in total. The molecule has 0 radical (unpaired) electrons. The molecule has 3 aromatic rings. The Kier molecular flexibility index (Phi) is 3.33. The smallest absolute Gasteiger partial charge is 0.154 e. The molecule has 100 valence electrons. The summed E-state index contributed by atoms with van der Waals surface area (Å²) in [6.07, 6.45) is 1.59. The fourth-order valence-electron chi connectivity index (χ4n) is 1.99. The van der Waals surface area contributed by atoms with Crippen molar-refractivity contribution in [1.29, 1.82) is 0 Å². The van der Waals surface area contributed by atoms with Gasteiger partial charge in [-0.3, -0.25) is 0 Å². The molecule has 3 rings (SSSR count). The van der Waals surface area contributed by atoms with Crippen molar-refractivity contribution in [3.8, 4) is 0 Å². The molecule has 0 saturated heterocycles. The van der Waals surface area contributed by atoms with Crippen molar-refractivity contribution in [2.24, 2.45) is 5.73 Å². The van der Waals surface area contributed by atoms with Gasteiger partial charge >= 0.3 is 0 Å². The zero-order valence-electron chi connectivity index (χ0n) is 10.8. The Labute approximate surface area is 125 Å². The normalized spacial score (nSPS) is 10.7. The molecule has 0 unspecified atom stereocenters. The quantitative estimate of drug-likeness (QED) is 0.753. The topological polar surface area (TPSA) is 55.0 Å². The maximum absolute atomic E-state index is 5.61. The maximum Gasteiger partial charge on any atom is 0.154 e. The summed E-state index contributed by atoms with van der Waals surface area (Å²) < 4.78 is 1.08. The van der Waals surface area contributed by atoms with Crippen molar-refractivity contribution in [2.45, 2.75) is 0 Å². The van der Waals surface area contributed by atoms with Gasteiger partial charge in [0, 0.05) is 18.3 Å². The van der Waals surface area contributed by atoms with Gasteiger partial charge in [-0.1, -0.05) is 12.2 Å². The molecular weight excluding hydrogens is 288 g/mol. The minimum Gasteiger partial charge on any atom is -0.389 e. The second-order valence-corrected chi connectivity index (χ2v) is 5.66. The van der Waals surface area contributed by atoms with Gasteiger partial charge in [-0.25, -0.2) is 9.97 Å². The Morgan fingerprint density at radius 2 is 1.95 bits per heavy atom. The molecule has 0 spiro atoms. The van der Waals surface area contributed by atoms with E-state index >= 15 is 0 Å². The lowest BCUT2D eigenvalue weighted by Crippen LogP contribution is -2.13. The van der Waals surface area contributed by atoms with Gasteiger partial charge in [0.05, 0.1) is 10.2 Å². The summed E-state index contributed by atoms with van der Waals surface area (Å²) >= 11 is 6.60. The SMILES string of the molecule is CN(c1ccc(C(N)=S)cc1)c1ncnc2ccsc12. The van der Waals surface area contributed by atoms with Crippen LogP contribution in [0.3, 0.4) is 0 Å². The van der Waals surface area contributed by atoms with Gasteiger partial charge in [0.15, 0.2) is 5.82 Å². The third-order valence-corrected chi connectivity index (χ3v) is 4.22. The number of nitrogens with zero attached hydrogens (tertiary/aromatic N) is 3. The van der Waals surface area contributed by atoms with Crippen LogP contribution in [0.4, 0.5) is 11.5 Å². The van der Waals surface area contributed by atoms with E-state index in [0.717, 1.165) is 27.3 Å². The van der Waals surface area contributed by atoms with E-state index in [0.29, 0.717) is 4.99 Å². The fourth-order valence-corrected chi connectivity index (χ4v) is 2.99. The van der Waals surface area contributed by atoms with Crippen LogP contribution in [0.5, 0.6) is 0 Å². The predicted molar refractivity (Wildman–Crippen MR) is 87.8 cm³/mol. The Bertz CT molecular complexity index is 764. The van der Waals surface area contributed by atoms with Crippen molar-refractivity contribution >= 4 is 50.3 Å². The highest BCUT2D eigenvalue weighted by atomic mass is 32.1. The van der Waals surface area contributed by atoms with Crippen LogP contribution in [0.2, 0.25) is 0 Å². The van der Waals surface area contributed by atoms with E-state index in [-0.39, 0.29) is 0 Å². The molecule has 20 heavy (non-hydrogen) atoms. The van der Waals surface area contributed by atoms with Crippen molar-refractivity contribution < 1.29 is 0 Å². The summed E-state index contributed by atoms with van der Waals surface area (Å²) in [6, 6.07) is 9.79. The first-order valence-corrected chi connectivity index (χ1v) is 7.27. The average Bonchev–Trinajstić information content (AvgIpc) is 2.95. The number of anilines is 2. The first kappa shape index (κ1) is 13.0. The molecule has 2 aromatic heterocycles. The largest absolute Gasteiger partial charge is 0.389 e. The van der Waals surface area contributed by atoms with E-state index in [2.05, 4.69) is 9.97 Å². The lowest BCUT2D eigenvalue weighted by Gasteiger charge is -2.18. The highest BCUT2D eigenvalue weighted by Crippen LogP contribution is 2.31. The molecule has 0 saturated carbocycles. The molecule has 0 aliphatic carbocycles. The summed E-state index contributed by atoms with van der Waals surface area (Å²) in [4.78, 5) is 11.1. The summed E-state index contributed by atoms with van der Waals surface area (Å²) in [5.74, 6) is 0.896. The summed E-state index contributed by atoms with van der Waals surface area (Å²) in [5, 5.41) is 2.02. The minimum absolute atomic E-state index is 0.405. The van der Waals surface area contributed by atoms with Gasteiger partial charge < -0.3 is 10.6 Å². The summed E-state index contributed by atoms with van der Waals surface area (Å²) in [5.41, 5.74) is 8.46. The minimum atomic E-state index is 0.405. The van der Waals surface area contributed by atoms with Crippen molar-refractivity contribution in [3.63, 3.8) is 0 Å². The van der Waals surface area contributed by atoms with Gasteiger partial charge in [0.1, 0.15) is 11.3 Å². The Morgan fingerprint density at radius 1 is 1.20 bits per heavy atom. The van der Waals surface area contributed by atoms with Crippen LogP contribution in [0.25, 0.3) is 10.2 Å². The molecule has 0 aliphatic heterocycles. The van der Waals surface area contributed by atoms with Crippen molar-refractivity contribution in [3.05, 3.63) is 47.6 Å². The lowest BCUT2D eigenvalue weighted by atomic mass is 10.2. The van der Waals surface area contributed by atoms with Crippen LogP contribution in [0.1, 0.15) is 5.56 Å². The molecule has 0 bridgehead atoms. The average molecular weight is 300 g/mol. The lowest BCUT2D eigenvalue weighted by molar-refractivity contribution is 1.12. The van der Waals surface area contributed by atoms with E-state index in [9.17, 15) is 0 Å².